The van der Waals surface area contributed by atoms with Crippen LogP contribution < -0.4 is 32.1 Å². The minimum atomic E-state index is -0.867. The van der Waals surface area contributed by atoms with E-state index < -0.39 is 36.0 Å². The SMILES string of the molecule is CN[C@@H](C)C(=O)N[C@H](C(=O)N[C@@H](CCCCNC(=O)OCc1ccccc1)C(=O)NNc1ccccc1)C(C)C.O=CO. The lowest BCUT2D eigenvalue weighted by molar-refractivity contribution is -0.133. The summed E-state index contributed by atoms with van der Waals surface area (Å²) in [6.45, 7) is 5.62. The number of ether oxygens (including phenoxy) is 1. The first-order chi connectivity index (χ1) is 20.6. The molecule has 7 N–H and O–H groups in total. The summed E-state index contributed by atoms with van der Waals surface area (Å²) in [6.07, 6.45) is 0.902. The van der Waals surface area contributed by atoms with Crippen LogP contribution in [0.3, 0.4) is 0 Å². The Hall–Kier alpha value is -4.65. The number of benzene rings is 2. The van der Waals surface area contributed by atoms with Crippen LogP contribution in [0.25, 0.3) is 0 Å². The Kier molecular flexibility index (Phi) is 17.9. The van der Waals surface area contributed by atoms with Crippen LogP contribution in [0, 0.1) is 5.92 Å². The Labute approximate surface area is 252 Å². The van der Waals surface area contributed by atoms with Crippen LogP contribution in [0.4, 0.5) is 10.5 Å². The number of unbranched alkanes of at least 4 members (excludes halogenated alkanes) is 1. The molecular formula is C30H44N6O7. The van der Waals surface area contributed by atoms with Crippen molar-refractivity contribution in [2.45, 2.75) is 64.8 Å². The van der Waals surface area contributed by atoms with Crippen molar-refractivity contribution in [1.82, 2.24) is 26.7 Å². The molecule has 2 rings (SSSR count). The van der Waals surface area contributed by atoms with Crippen molar-refractivity contribution in [3.05, 3.63) is 66.2 Å². The maximum Gasteiger partial charge on any atom is 0.407 e. The molecule has 0 saturated carbocycles. The van der Waals surface area contributed by atoms with Crippen molar-refractivity contribution < 1.29 is 33.8 Å². The fourth-order valence-corrected chi connectivity index (χ4v) is 3.66. The highest BCUT2D eigenvalue weighted by molar-refractivity contribution is 5.93. The third kappa shape index (κ3) is 15.2. The molecule has 3 atom stereocenters. The van der Waals surface area contributed by atoms with E-state index in [2.05, 4.69) is 32.1 Å². The lowest BCUT2D eigenvalue weighted by Crippen LogP contribution is -2.57. The molecule has 2 aromatic carbocycles. The van der Waals surface area contributed by atoms with E-state index in [-0.39, 0.29) is 24.9 Å². The number of likely N-dealkylation sites (N-methyl/N-ethyl adjacent to an activating group) is 1. The zero-order chi connectivity index (χ0) is 32.0. The molecule has 2 aromatic rings. The van der Waals surface area contributed by atoms with E-state index in [1.807, 2.05) is 62.4 Å². The maximum atomic E-state index is 13.2. The molecule has 0 spiro atoms. The minimum absolute atomic E-state index is 0.177. The number of hydrazine groups is 1. The van der Waals surface area contributed by atoms with Gasteiger partial charge < -0.3 is 31.1 Å². The molecule has 4 amide bonds. The van der Waals surface area contributed by atoms with Crippen LogP contribution in [-0.4, -0.2) is 67.1 Å². The van der Waals surface area contributed by atoms with Gasteiger partial charge in [-0.3, -0.25) is 30.0 Å². The highest BCUT2D eigenvalue weighted by atomic mass is 16.5. The highest BCUT2D eigenvalue weighted by Crippen LogP contribution is 2.08. The lowest BCUT2D eigenvalue weighted by atomic mass is 10.0. The second-order valence-corrected chi connectivity index (χ2v) is 9.87. The molecule has 0 radical (unpaired) electrons. The number of hydrogen-bond donors (Lipinski definition) is 7. The zero-order valence-electron chi connectivity index (χ0n) is 25.1. The molecule has 236 valence electrons. The first-order valence-electron chi connectivity index (χ1n) is 14.0. The molecule has 43 heavy (non-hydrogen) atoms. The molecule has 0 heterocycles. The van der Waals surface area contributed by atoms with E-state index in [1.54, 1.807) is 26.1 Å². The maximum absolute atomic E-state index is 13.2. The third-order valence-corrected chi connectivity index (χ3v) is 6.21. The van der Waals surface area contributed by atoms with E-state index in [9.17, 15) is 19.2 Å². The number of para-hydroxylation sites is 1. The first kappa shape index (κ1) is 36.4. The number of hydrogen-bond acceptors (Lipinski definition) is 8. The number of carbonyl (C=O) groups excluding carboxylic acids is 4. The average Bonchev–Trinajstić information content (AvgIpc) is 3.01. The number of rotatable bonds is 16. The van der Waals surface area contributed by atoms with Gasteiger partial charge in [0.25, 0.3) is 12.4 Å². The van der Waals surface area contributed by atoms with Crippen LogP contribution in [0.2, 0.25) is 0 Å². The van der Waals surface area contributed by atoms with Gasteiger partial charge in [-0.25, -0.2) is 4.79 Å². The second kappa shape index (κ2) is 21.1. The second-order valence-electron chi connectivity index (χ2n) is 9.87. The van der Waals surface area contributed by atoms with E-state index in [1.165, 1.54) is 0 Å². The fourth-order valence-electron chi connectivity index (χ4n) is 3.66. The summed E-state index contributed by atoms with van der Waals surface area (Å²) in [7, 11) is 1.66. The Balaban J connectivity index is 0.00000295. The Morgan fingerprint density at radius 1 is 0.860 bits per heavy atom. The summed E-state index contributed by atoms with van der Waals surface area (Å²) in [5, 5.41) is 18.0. The first-order valence-corrected chi connectivity index (χ1v) is 14.0. The fraction of sp³-hybridized carbons (Fsp3) is 0.433. The van der Waals surface area contributed by atoms with Crippen molar-refractivity contribution in [3.8, 4) is 0 Å². The molecular weight excluding hydrogens is 556 g/mol. The van der Waals surface area contributed by atoms with E-state index in [0.717, 1.165) is 5.56 Å². The summed E-state index contributed by atoms with van der Waals surface area (Å²) in [5.41, 5.74) is 7.07. The molecule has 13 heteroatoms. The van der Waals surface area contributed by atoms with Gasteiger partial charge in [0.2, 0.25) is 11.8 Å². The normalized spacial score (nSPS) is 12.3. The van der Waals surface area contributed by atoms with Gasteiger partial charge in [0.05, 0.1) is 11.7 Å². The Bertz CT molecular complexity index is 1120. The molecule has 0 aliphatic carbocycles. The molecule has 0 aliphatic heterocycles. The summed E-state index contributed by atoms with van der Waals surface area (Å²) >= 11 is 0. The number of carboxylic acid groups (broad SMARTS) is 1. The van der Waals surface area contributed by atoms with Crippen LogP contribution >= 0.6 is 0 Å². The zero-order valence-corrected chi connectivity index (χ0v) is 25.1. The summed E-state index contributed by atoms with van der Waals surface area (Å²) in [4.78, 5) is 59.0. The van der Waals surface area contributed by atoms with Gasteiger partial charge in [-0.1, -0.05) is 62.4 Å². The largest absolute Gasteiger partial charge is 0.483 e. The van der Waals surface area contributed by atoms with Gasteiger partial charge in [-0.05, 0) is 56.8 Å². The molecule has 0 fully saturated rings. The molecule has 0 bridgehead atoms. The van der Waals surface area contributed by atoms with Crippen LogP contribution in [0.1, 0.15) is 45.6 Å². The van der Waals surface area contributed by atoms with E-state index >= 15 is 0 Å². The Morgan fingerprint density at radius 3 is 2.05 bits per heavy atom. The van der Waals surface area contributed by atoms with Crippen LogP contribution in [-0.2, 0) is 30.5 Å². The molecule has 13 nitrogen and oxygen atoms in total. The third-order valence-electron chi connectivity index (χ3n) is 6.21. The Morgan fingerprint density at radius 2 is 1.47 bits per heavy atom. The molecule has 0 saturated heterocycles. The molecule has 0 unspecified atom stereocenters. The van der Waals surface area contributed by atoms with Crippen molar-refractivity contribution in [2.75, 3.05) is 19.0 Å². The van der Waals surface area contributed by atoms with Crippen LogP contribution in [0.15, 0.2) is 60.7 Å². The van der Waals surface area contributed by atoms with Crippen LogP contribution in [0.5, 0.6) is 0 Å². The average molecular weight is 601 g/mol. The molecule has 0 aliphatic rings. The summed E-state index contributed by atoms with van der Waals surface area (Å²) in [5.74, 6) is -1.39. The minimum Gasteiger partial charge on any atom is -0.483 e. The van der Waals surface area contributed by atoms with Crippen molar-refractivity contribution in [3.63, 3.8) is 0 Å². The highest BCUT2D eigenvalue weighted by Gasteiger charge is 2.29. The van der Waals surface area contributed by atoms with Gasteiger partial charge in [0, 0.05) is 6.54 Å². The number of anilines is 1. The lowest BCUT2D eigenvalue weighted by Gasteiger charge is -2.26. The topological polar surface area (TPSA) is 187 Å². The van der Waals surface area contributed by atoms with Crippen molar-refractivity contribution in [1.29, 1.82) is 0 Å². The van der Waals surface area contributed by atoms with Gasteiger partial charge in [-0.2, -0.15) is 0 Å². The van der Waals surface area contributed by atoms with Gasteiger partial charge in [0.15, 0.2) is 0 Å². The smallest absolute Gasteiger partial charge is 0.407 e. The predicted molar refractivity (Wildman–Crippen MR) is 163 cm³/mol. The van der Waals surface area contributed by atoms with E-state index in [4.69, 9.17) is 14.6 Å². The van der Waals surface area contributed by atoms with Crippen molar-refractivity contribution >= 4 is 36.0 Å². The van der Waals surface area contributed by atoms with Gasteiger partial charge in [-0.15, -0.1) is 0 Å². The van der Waals surface area contributed by atoms with Crippen molar-refractivity contribution in [2.24, 2.45) is 5.92 Å². The number of amides is 4. The van der Waals surface area contributed by atoms with Gasteiger partial charge in [0.1, 0.15) is 18.7 Å². The number of alkyl carbamates (subject to hydrolysis) is 1. The monoisotopic (exact) mass is 600 g/mol. The van der Waals surface area contributed by atoms with Gasteiger partial charge >= 0.3 is 6.09 Å². The quantitative estimate of drug-likeness (QED) is 0.0861. The van der Waals surface area contributed by atoms with E-state index in [0.29, 0.717) is 31.5 Å². The predicted octanol–water partition coefficient (Wildman–Crippen LogP) is 2.16. The summed E-state index contributed by atoms with van der Waals surface area (Å²) in [6, 6.07) is 16.3. The number of nitrogens with one attached hydrogen (secondary N) is 6. The standard InChI is InChI=1S/C29H42N6O5.CH2O2/c1-20(2)25(33-26(36)21(3)30-4)28(38)32-24(27(37)35-34-23-15-9-6-10-16-23)17-11-12-18-31-29(39)40-19-22-13-7-5-8-14-22;2-1-3/h5-10,13-16,20-21,24-25,30,34H,11-12,17-19H2,1-4H3,(H,31,39)(H,32,38)(H,33,36)(H,35,37);1H,(H,2,3)/t21-,24-,25-;/m0./s1. The number of carbonyl (C=O) groups is 5. The summed E-state index contributed by atoms with van der Waals surface area (Å²) < 4.78 is 5.21. The molecule has 0 aromatic heterocycles.